The second-order valence-corrected chi connectivity index (χ2v) is 33.7. The van der Waals surface area contributed by atoms with E-state index >= 15 is 0 Å². The highest BCUT2D eigenvalue weighted by Gasteiger charge is 2.66. The molecule has 3 fully saturated rings. The number of nitrogens with one attached hydrogen (secondary N) is 1. The monoisotopic (exact) mass is 1390 g/mol. The number of hydrogen-bond acceptors (Lipinski definition) is 15. The molecule has 0 aliphatic carbocycles. The second-order valence-electron chi connectivity index (χ2n) is 23.1. The van der Waals surface area contributed by atoms with Crippen LogP contribution in [0.5, 0.6) is 0 Å². The lowest BCUT2D eigenvalue weighted by atomic mass is 9.89. The van der Waals surface area contributed by atoms with Crippen LogP contribution >= 0.6 is 67.1 Å². The van der Waals surface area contributed by atoms with Crippen molar-refractivity contribution in [1.29, 1.82) is 0 Å². The normalized spacial score (nSPS) is 16.8. The van der Waals surface area contributed by atoms with Gasteiger partial charge in [-0.2, -0.15) is 0 Å². The Morgan fingerprint density at radius 2 is 0.859 bits per heavy atom. The quantitative estimate of drug-likeness (QED) is 0.0427. The summed E-state index contributed by atoms with van der Waals surface area (Å²) in [6.07, 6.45) is 16.1. The van der Waals surface area contributed by atoms with Crippen LogP contribution in [-0.2, 0) is 34.9 Å². The van der Waals surface area contributed by atoms with E-state index in [0.717, 1.165) is 48.9 Å². The molecule has 468 valence electrons. The molecule has 19 heteroatoms. The standard InChI is InChI=1S/C16H23NO3S.C12H16O2S.C11H13BrO3S.C11H13BrOS.C11H14OS.C5H11N/c1-16(2,17-11-5-4-6-12-17)15(18)13-7-9-14(10-8-13)21(3,19)20;1-11(2)12(13-3,14-11)9-5-7-10(15-4)8-6-9;1-11(2,12)10(13)8-4-6-9(7-5-8)16(3,14)15;1-11(2,12)10(13)8-4-6-9(14-3)7-5-8;1-8(2)11(12)9-4-6-10(13-3)7-5-9;1-2-4-6-5-3-1/h7-10H,4-6,11-12H2,1-3H3;5-8H,1-4H3;4-7H,1-3H3;4-7H,1-3H3;4-8H,1-3H3;6H,1-5H2. The number of nitrogens with zero attached hydrogens (tertiary/aromatic N) is 1. The molecular weight excluding hydrogens is 1300 g/mol. The molecule has 3 aliphatic heterocycles. The summed E-state index contributed by atoms with van der Waals surface area (Å²) in [7, 11) is -4.74. The van der Waals surface area contributed by atoms with E-state index in [4.69, 9.17) is 9.47 Å². The molecule has 1 atom stereocenters. The number of carbonyl (C=O) groups is 4. The van der Waals surface area contributed by atoms with Gasteiger partial charge in [0.2, 0.25) is 5.79 Å². The van der Waals surface area contributed by atoms with E-state index in [-0.39, 0.29) is 44.4 Å². The largest absolute Gasteiger partial charge is 0.347 e. The van der Waals surface area contributed by atoms with Crippen LogP contribution in [0.25, 0.3) is 0 Å². The smallest absolute Gasteiger partial charge is 0.225 e. The van der Waals surface area contributed by atoms with Gasteiger partial charge in [-0.25, -0.2) is 16.8 Å². The molecule has 0 bridgehead atoms. The van der Waals surface area contributed by atoms with Gasteiger partial charge < -0.3 is 14.8 Å². The Kier molecular flexibility index (Phi) is 30.2. The van der Waals surface area contributed by atoms with Gasteiger partial charge in [0, 0.05) is 68.0 Å². The number of alkyl halides is 2. The van der Waals surface area contributed by atoms with E-state index in [1.165, 1.54) is 96.1 Å². The van der Waals surface area contributed by atoms with Gasteiger partial charge in [0.05, 0.1) is 24.0 Å². The van der Waals surface area contributed by atoms with Gasteiger partial charge in [-0.3, -0.25) is 24.1 Å². The number of likely N-dealkylation sites (tertiary alicyclic amines) is 1. The molecule has 0 spiro atoms. The molecule has 1 unspecified atom stereocenters. The zero-order chi connectivity index (χ0) is 64.2. The Morgan fingerprint density at radius 3 is 1.13 bits per heavy atom. The Bertz CT molecular complexity index is 3140. The molecule has 1 N–H and O–H groups in total. The summed E-state index contributed by atoms with van der Waals surface area (Å²) >= 11 is 11.7. The van der Waals surface area contributed by atoms with Crippen LogP contribution in [0.1, 0.15) is 155 Å². The lowest BCUT2D eigenvalue weighted by Crippen LogP contribution is -2.52. The molecule has 0 saturated carbocycles. The van der Waals surface area contributed by atoms with Crippen molar-refractivity contribution < 1.29 is 45.5 Å². The summed E-state index contributed by atoms with van der Waals surface area (Å²) in [4.78, 5) is 54.2. The first-order valence-corrected chi connectivity index (χ1v) is 37.4. The molecule has 5 aromatic rings. The first kappa shape index (κ1) is 75.8. The maximum Gasteiger partial charge on any atom is 0.225 e. The minimum Gasteiger partial charge on any atom is -0.347 e. The second kappa shape index (κ2) is 33.9. The van der Waals surface area contributed by atoms with Crippen molar-refractivity contribution in [3.63, 3.8) is 0 Å². The topological polar surface area (TPSA) is 174 Å². The van der Waals surface area contributed by atoms with Crippen LogP contribution in [0.4, 0.5) is 0 Å². The summed E-state index contributed by atoms with van der Waals surface area (Å²) in [5.41, 5.74) is 2.95. The van der Waals surface area contributed by atoms with E-state index in [1.54, 1.807) is 68.4 Å². The molecule has 3 heterocycles. The number of hydrogen-bond donors (Lipinski definition) is 1. The summed E-state index contributed by atoms with van der Waals surface area (Å²) in [5.74, 6) is -0.154. The van der Waals surface area contributed by atoms with Gasteiger partial charge in [-0.05, 0) is 187 Å². The first-order valence-electron chi connectivity index (χ1n) is 28.3. The lowest BCUT2D eigenvalue weighted by molar-refractivity contribution is -0.0148. The lowest BCUT2D eigenvalue weighted by Gasteiger charge is -2.39. The number of ketones is 4. The minimum absolute atomic E-state index is 0.0458. The number of Topliss-reactive ketones (excluding diaryl/α,β-unsaturated/α-hetero) is 4. The van der Waals surface area contributed by atoms with Gasteiger partial charge in [0.15, 0.2) is 42.8 Å². The fraction of sp³-hybridized carbons (Fsp3) is 0.485. The van der Waals surface area contributed by atoms with Gasteiger partial charge in [0.25, 0.3) is 0 Å². The number of halogens is 2. The molecular formula is C66H90Br2N2O10S5. The predicted molar refractivity (Wildman–Crippen MR) is 362 cm³/mol. The van der Waals surface area contributed by atoms with Crippen molar-refractivity contribution in [3.8, 4) is 0 Å². The molecule has 3 saturated heterocycles. The van der Waals surface area contributed by atoms with Gasteiger partial charge in [-0.1, -0.05) is 119 Å². The Balaban J connectivity index is 0.000000274. The van der Waals surface area contributed by atoms with Crippen molar-refractivity contribution in [2.75, 3.05) is 64.6 Å². The zero-order valence-electron chi connectivity index (χ0n) is 52.5. The molecule has 3 aliphatic rings. The molecule has 8 rings (SSSR count). The van der Waals surface area contributed by atoms with E-state index in [0.29, 0.717) is 11.1 Å². The summed E-state index contributed by atoms with van der Waals surface area (Å²) in [6.45, 7) is 23.4. The van der Waals surface area contributed by atoms with Gasteiger partial charge in [0.1, 0.15) is 5.60 Å². The average Bonchev–Trinajstić information content (AvgIpc) is 1.57. The molecule has 0 aromatic heterocycles. The highest BCUT2D eigenvalue weighted by molar-refractivity contribution is 9.10. The molecule has 0 radical (unpaired) electrons. The number of carbonyl (C=O) groups excluding carboxylic acids is 4. The zero-order valence-corrected chi connectivity index (χ0v) is 59.8. The number of thioether (sulfide) groups is 3. The predicted octanol–water partition coefficient (Wildman–Crippen LogP) is 15.8. The number of epoxide rings is 1. The number of ether oxygens (including phenoxy) is 2. The third kappa shape index (κ3) is 23.8. The number of benzene rings is 5. The molecule has 85 heavy (non-hydrogen) atoms. The number of sulfone groups is 2. The summed E-state index contributed by atoms with van der Waals surface area (Å²) < 4.78 is 55.4. The van der Waals surface area contributed by atoms with Crippen LogP contribution in [0.2, 0.25) is 0 Å². The van der Waals surface area contributed by atoms with Crippen LogP contribution in [0.3, 0.4) is 0 Å². The van der Waals surface area contributed by atoms with Gasteiger partial charge in [-0.15, -0.1) is 35.3 Å². The van der Waals surface area contributed by atoms with Gasteiger partial charge >= 0.3 is 0 Å². The fourth-order valence-corrected chi connectivity index (χ4v) is 11.9. The van der Waals surface area contributed by atoms with Crippen molar-refractivity contribution in [3.05, 3.63) is 149 Å². The number of piperidine rings is 2. The van der Waals surface area contributed by atoms with Crippen molar-refractivity contribution >= 4 is 110 Å². The molecule has 12 nitrogen and oxygen atoms in total. The first-order chi connectivity index (χ1) is 39.5. The van der Waals surface area contributed by atoms with E-state index in [9.17, 15) is 36.0 Å². The maximum atomic E-state index is 12.7. The van der Waals surface area contributed by atoms with Crippen LogP contribution in [0, 0.1) is 5.92 Å². The van der Waals surface area contributed by atoms with E-state index < -0.39 is 39.6 Å². The molecule has 5 aromatic carbocycles. The SMILES string of the molecule is C1CCNCC1.CC(C)(Br)C(=O)c1ccc(S(C)(=O)=O)cc1.CC(C)(C(=O)c1ccc(S(C)(=O)=O)cc1)N1CCCCC1.COC1(c2ccc(SC)cc2)OC1(C)C.CSc1ccc(C(=O)C(C)(C)Br)cc1.CSc1ccc(C(=O)C(C)C)cc1. The third-order valence-electron chi connectivity index (χ3n) is 14.2. The Morgan fingerprint density at radius 1 is 0.541 bits per heavy atom. The van der Waals surface area contributed by atoms with Crippen LogP contribution < -0.4 is 5.32 Å². The van der Waals surface area contributed by atoms with Crippen molar-refractivity contribution in [1.82, 2.24) is 10.2 Å². The van der Waals surface area contributed by atoms with Crippen LogP contribution in [0.15, 0.2) is 146 Å². The fourth-order valence-electron chi connectivity index (χ4n) is 8.93. The summed E-state index contributed by atoms with van der Waals surface area (Å²) in [6, 6.07) is 36.0. The minimum atomic E-state index is -3.22. The highest BCUT2D eigenvalue weighted by atomic mass is 79.9. The Labute approximate surface area is 538 Å². The maximum absolute atomic E-state index is 12.7. The van der Waals surface area contributed by atoms with E-state index in [1.807, 2.05) is 116 Å². The third-order valence-corrected chi connectivity index (χ3v) is 19.4. The Hall–Kier alpha value is -3.47. The van der Waals surface area contributed by atoms with E-state index in [2.05, 4.69) is 72.6 Å². The number of methoxy groups -OCH3 is 1. The summed E-state index contributed by atoms with van der Waals surface area (Å²) in [5, 5.41) is 3.28. The van der Waals surface area contributed by atoms with Crippen molar-refractivity contribution in [2.24, 2.45) is 5.92 Å². The van der Waals surface area contributed by atoms with Crippen LogP contribution in [-0.4, -0.2) is 129 Å². The highest BCUT2D eigenvalue weighted by Crippen LogP contribution is 2.55. The average molecular weight is 1390 g/mol. The molecule has 0 amide bonds. The number of rotatable bonds is 16. The van der Waals surface area contributed by atoms with Crippen molar-refractivity contribution in [2.45, 2.75) is 158 Å².